The van der Waals surface area contributed by atoms with Gasteiger partial charge in [-0.15, -0.1) is 0 Å². The van der Waals surface area contributed by atoms with Gasteiger partial charge in [0.1, 0.15) is 17.1 Å². The van der Waals surface area contributed by atoms with Crippen molar-refractivity contribution in [2.75, 3.05) is 26.7 Å². The van der Waals surface area contributed by atoms with Crippen LogP contribution < -0.4 is 0 Å². The van der Waals surface area contributed by atoms with Gasteiger partial charge in [-0.05, 0) is 65.3 Å². The van der Waals surface area contributed by atoms with E-state index in [9.17, 15) is 19.1 Å². The molecule has 8 nitrogen and oxygen atoms in total. The number of aliphatic hydroxyl groups is 1. The van der Waals surface area contributed by atoms with Crippen LogP contribution in [0.25, 0.3) is 16.9 Å². The Morgan fingerprint density at radius 2 is 1.89 bits per heavy atom. The Morgan fingerprint density at radius 1 is 1.22 bits per heavy atom. The number of piperazine rings is 1. The molecule has 1 N–H and O–H groups in total. The summed E-state index contributed by atoms with van der Waals surface area (Å²) < 4.78 is 15.4. The van der Waals surface area contributed by atoms with Crippen LogP contribution in [0.2, 0.25) is 0 Å². The number of amides is 1. The summed E-state index contributed by atoms with van der Waals surface area (Å²) >= 11 is 0. The van der Waals surface area contributed by atoms with Crippen molar-refractivity contribution in [2.45, 2.75) is 65.5 Å². The van der Waals surface area contributed by atoms with E-state index in [1.165, 1.54) is 6.07 Å². The van der Waals surface area contributed by atoms with Crippen LogP contribution in [0.3, 0.4) is 0 Å². The maximum atomic E-state index is 13.8. The van der Waals surface area contributed by atoms with Crippen LogP contribution in [-0.2, 0) is 4.79 Å². The maximum absolute atomic E-state index is 13.8. The van der Waals surface area contributed by atoms with Crippen LogP contribution in [0.4, 0.5) is 4.39 Å². The molecule has 1 aromatic carbocycles. The molecule has 1 fully saturated rings. The third kappa shape index (κ3) is 6.40. The molecule has 4 rings (SSSR count). The van der Waals surface area contributed by atoms with Gasteiger partial charge in [-0.3, -0.25) is 14.5 Å². The standard InChI is InChI=1S/C17H16FN3O.C11H22N2O2/c1-10(2)14-7-16(12-5-4-11(3)15(18)6-12)20-21-8-13(9-22)19-17(14)21;1-10(2)8-13(7-6-12(10)5)9(14)11(3,4)15/h4-10H,1-3H3;15H,6-8H2,1-5H3. The second-order valence-corrected chi connectivity index (χ2v) is 11.2. The van der Waals surface area contributed by atoms with E-state index < -0.39 is 5.60 Å². The SMILES string of the molecule is CN1CCN(C(=O)C(C)(C)O)CC1(C)C.Cc1ccc(-c2cc(C(C)C)c3nc(C=O)cn3n2)cc1F. The van der Waals surface area contributed by atoms with E-state index in [0.717, 1.165) is 12.1 Å². The predicted molar refractivity (Wildman–Crippen MR) is 142 cm³/mol. The quantitative estimate of drug-likeness (QED) is 0.531. The fourth-order valence-corrected chi connectivity index (χ4v) is 4.19. The number of nitrogens with zero attached hydrogens (tertiary/aromatic N) is 5. The average molecular weight is 512 g/mol. The van der Waals surface area contributed by atoms with Gasteiger partial charge in [-0.1, -0.05) is 26.0 Å². The van der Waals surface area contributed by atoms with Gasteiger partial charge in [0.15, 0.2) is 11.9 Å². The highest BCUT2D eigenvalue weighted by Gasteiger charge is 2.37. The van der Waals surface area contributed by atoms with E-state index in [-0.39, 0.29) is 23.2 Å². The van der Waals surface area contributed by atoms with Crippen molar-refractivity contribution < 1.29 is 19.1 Å². The molecule has 0 unspecified atom stereocenters. The highest BCUT2D eigenvalue weighted by atomic mass is 19.1. The second kappa shape index (κ2) is 10.7. The molecule has 0 saturated carbocycles. The molecule has 0 bridgehead atoms. The summed E-state index contributed by atoms with van der Waals surface area (Å²) in [7, 11) is 2.06. The third-order valence-corrected chi connectivity index (χ3v) is 6.81. The first-order valence-electron chi connectivity index (χ1n) is 12.5. The first kappa shape index (κ1) is 28.4. The number of aldehydes is 1. The summed E-state index contributed by atoms with van der Waals surface area (Å²) in [6.07, 6.45) is 2.28. The van der Waals surface area contributed by atoms with Crippen LogP contribution in [0.5, 0.6) is 0 Å². The minimum Gasteiger partial charge on any atom is -0.381 e. The van der Waals surface area contributed by atoms with Gasteiger partial charge >= 0.3 is 0 Å². The number of halogens is 1. The number of hydrogen-bond acceptors (Lipinski definition) is 6. The molecular formula is C28H38FN5O3. The van der Waals surface area contributed by atoms with Gasteiger partial charge in [-0.2, -0.15) is 5.10 Å². The number of carbonyl (C=O) groups is 2. The lowest BCUT2D eigenvalue weighted by Gasteiger charge is -2.46. The lowest BCUT2D eigenvalue weighted by atomic mass is 9.98. The van der Waals surface area contributed by atoms with Crippen molar-refractivity contribution in [3.8, 4) is 11.3 Å². The monoisotopic (exact) mass is 511 g/mol. The Morgan fingerprint density at radius 3 is 2.43 bits per heavy atom. The van der Waals surface area contributed by atoms with Gasteiger partial charge in [-0.25, -0.2) is 13.9 Å². The summed E-state index contributed by atoms with van der Waals surface area (Å²) in [5.74, 6) is -0.227. The molecule has 0 aliphatic carbocycles. The number of hydrogen-bond donors (Lipinski definition) is 1. The van der Waals surface area contributed by atoms with Gasteiger partial charge in [0.2, 0.25) is 0 Å². The largest absolute Gasteiger partial charge is 0.381 e. The van der Waals surface area contributed by atoms with Gasteiger partial charge in [0.25, 0.3) is 5.91 Å². The Bertz CT molecular complexity index is 1290. The van der Waals surface area contributed by atoms with Crippen molar-refractivity contribution in [1.29, 1.82) is 0 Å². The zero-order valence-electron chi connectivity index (χ0n) is 23.0. The molecule has 3 aromatic rings. The van der Waals surface area contributed by atoms with E-state index in [1.54, 1.807) is 42.4 Å². The van der Waals surface area contributed by atoms with Crippen LogP contribution in [0.15, 0.2) is 30.5 Å². The smallest absolute Gasteiger partial charge is 0.254 e. The molecule has 0 atom stereocenters. The molecule has 1 aliphatic heterocycles. The van der Waals surface area contributed by atoms with E-state index in [4.69, 9.17) is 0 Å². The molecule has 1 saturated heterocycles. The Labute approximate surface area is 218 Å². The lowest BCUT2D eigenvalue weighted by Crippen LogP contribution is -2.61. The van der Waals surface area contributed by atoms with Crippen molar-refractivity contribution in [2.24, 2.45) is 0 Å². The summed E-state index contributed by atoms with van der Waals surface area (Å²) in [6.45, 7) is 15.3. The Hall–Kier alpha value is -3.17. The highest BCUT2D eigenvalue weighted by Crippen LogP contribution is 2.26. The third-order valence-electron chi connectivity index (χ3n) is 6.81. The minimum atomic E-state index is -1.26. The minimum absolute atomic E-state index is 0.0147. The average Bonchev–Trinajstić information content (AvgIpc) is 3.24. The van der Waals surface area contributed by atoms with E-state index >= 15 is 0 Å². The Kier molecular flexibility index (Phi) is 8.19. The lowest BCUT2D eigenvalue weighted by molar-refractivity contribution is -0.152. The predicted octanol–water partition coefficient (Wildman–Crippen LogP) is 4.09. The van der Waals surface area contributed by atoms with Crippen molar-refractivity contribution in [3.63, 3.8) is 0 Å². The van der Waals surface area contributed by atoms with Gasteiger partial charge < -0.3 is 10.0 Å². The van der Waals surface area contributed by atoms with Crippen molar-refractivity contribution >= 4 is 17.8 Å². The van der Waals surface area contributed by atoms with Gasteiger partial charge in [0, 0.05) is 36.3 Å². The van der Waals surface area contributed by atoms with Crippen LogP contribution in [-0.4, -0.2) is 79.5 Å². The molecule has 0 spiro atoms. The summed E-state index contributed by atoms with van der Waals surface area (Å²) in [4.78, 5) is 31.1. The van der Waals surface area contributed by atoms with Crippen LogP contribution >= 0.6 is 0 Å². The molecule has 3 heterocycles. The molecule has 9 heteroatoms. The van der Waals surface area contributed by atoms with Gasteiger partial charge in [0.05, 0.1) is 11.9 Å². The number of aryl methyl sites for hydroxylation is 1. The van der Waals surface area contributed by atoms with E-state index in [1.807, 2.05) is 26.0 Å². The fourth-order valence-electron chi connectivity index (χ4n) is 4.19. The fraction of sp³-hybridized carbons (Fsp3) is 0.500. The number of fused-ring (bicyclic) bond motifs is 1. The van der Waals surface area contributed by atoms with E-state index in [2.05, 4.69) is 35.9 Å². The second-order valence-electron chi connectivity index (χ2n) is 11.2. The topological polar surface area (TPSA) is 91.0 Å². The van der Waals surface area contributed by atoms with E-state index in [0.29, 0.717) is 47.5 Å². The first-order chi connectivity index (χ1) is 17.1. The Balaban J connectivity index is 0.000000222. The van der Waals surface area contributed by atoms with Crippen LogP contribution in [0, 0.1) is 12.7 Å². The molecule has 1 aliphatic rings. The normalized spacial score (nSPS) is 16.0. The number of rotatable bonds is 4. The number of aromatic nitrogens is 3. The summed E-state index contributed by atoms with van der Waals surface area (Å²) in [5.41, 5.74) is 2.65. The zero-order valence-corrected chi connectivity index (χ0v) is 23.0. The number of carbonyl (C=O) groups excluding carboxylic acids is 2. The summed E-state index contributed by atoms with van der Waals surface area (Å²) in [6, 6.07) is 6.96. The van der Waals surface area contributed by atoms with Crippen molar-refractivity contribution in [1.82, 2.24) is 24.4 Å². The molecule has 37 heavy (non-hydrogen) atoms. The van der Waals surface area contributed by atoms with Crippen molar-refractivity contribution in [3.05, 3.63) is 53.1 Å². The highest BCUT2D eigenvalue weighted by molar-refractivity contribution is 5.84. The maximum Gasteiger partial charge on any atom is 0.254 e. The first-order valence-corrected chi connectivity index (χ1v) is 12.5. The molecule has 2 aromatic heterocycles. The number of benzene rings is 1. The molecule has 200 valence electrons. The zero-order chi connectivity index (χ0) is 27.7. The number of imidazole rings is 1. The summed E-state index contributed by atoms with van der Waals surface area (Å²) in [5, 5.41) is 14.1. The van der Waals surface area contributed by atoms with Crippen LogP contribution in [0.1, 0.15) is 69.1 Å². The molecule has 1 amide bonds. The molecule has 0 radical (unpaired) electrons. The number of likely N-dealkylation sites (N-methyl/N-ethyl adjacent to an activating group) is 1. The molecular weight excluding hydrogens is 473 g/mol.